The molecule has 16 heavy (non-hydrogen) atoms. The fraction of sp³-hybridized carbons (Fsp3) is 0.833. The Hall–Kier alpha value is -0.580. The molecule has 2 aliphatic heterocycles. The number of aliphatic hydroxyl groups excluding tert-OH is 1. The van der Waals surface area contributed by atoms with Crippen molar-refractivity contribution in [3.05, 3.63) is 11.8 Å². The Kier molecular flexibility index (Phi) is 3.84. The van der Waals surface area contributed by atoms with Gasteiger partial charge in [-0.15, -0.1) is 0 Å². The van der Waals surface area contributed by atoms with Crippen molar-refractivity contribution in [3.63, 3.8) is 0 Å². The van der Waals surface area contributed by atoms with Gasteiger partial charge in [-0.2, -0.15) is 0 Å². The minimum absolute atomic E-state index is 0.152. The molecule has 0 amide bonds. The third-order valence-electron chi connectivity index (χ3n) is 3.23. The predicted octanol–water partition coefficient (Wildman–Crippen LogP) is 0.761. The zero-order valence-corrected chi connectivity index (χ0v) is 10.1. The van der Waals surface area contributed by atoms with E-state index in [0.29, 0.717) is 25.0 Å². The Balaban J connectivity index is 1.93. The lowest BCUT2D eigenvalue weighted by Gasteiger charge is -2.37. The van der Waals surface area contributed by atoms with Crippen LogP contribution in [0.3, 0.4) is 0 Å². The van der Waals surface area contributed by atoms with E-state index >= 15 is 0 Å². The maximum atomic E-state index is 10.1. The van der Waals surface area contributed by atoms with Gasteiger partial charge in [0.25, 0.3) is 0 Å². The molecule has 0 spiro atoms. The molecular weight excluding hydrogens is 206 g/mol. The molecule has 2 aliphatic rings. The van der Waals surface area contributed by atoms with Gasteiger partial charge in [0.2, 0.25) is 0 Å². The second kappa shape index (κ2) is 5.17. The fourth-order valence-corrected chi connectivity index (χ4v) is 2.18. The van der Waals surface area contributed by atoms with E-state index in [1.54, 1.807) is 0 Å². The van der Waals surface area contributed by atoms with E-state index in [9.17, 15) is 5.11 Å². The van der Waals surface area contributed by atoms with Gasteiger partial charge in [0.05, 0.1) is 13.2 Å². The molecule has 0 aromatic heterocycles. The van der Waals surface area contributed by atoms with E-state index in [0.717, 1.165) is 19.5 Å². The lowest BCUT2D eigenvalue weighted by Crippen LogP contribution is -2.50. The SMILES string of the molecule is CC(C)N1CCOC(C(O)C2=CCCO2)C1. The average molecular weight is 227 g/mol. The molecule has 1 saturated heterocycles. The van der Waals surface area contributed by atoms with Gasteiger partial charge in [-0.05, 0) is 19.9 Å². The van der Waals surface area contributed by atoms with Gasteiger partial charge in [0.15, 0.2) is 0 Å². The minimum Gasteiger partial charge on any atom is -0.495 e. The van der Waals surface area contributed by atoms with E-state index in [-0.39, 0.29) is 6.10 Å². The average Bonchev–Trinajstić information content (AvgIpc) is 2.81. The predicted molar refractivity (Wildman–Crippen MR) is 61.1 cm³/mol. The Labute approximate surface area is 96.8 Å². The highest BCUT2D eigenvalue weighted by Crippen LogP contribution is 2.20. The molecule has 0 aromatic carbocycles. The zero-order valence-electron chi connectivity index (χ0n) is 10.1. The second-order valence-electron chi connectivity index (χ2n) is 4.69. The van der Waals surface area contributed by atoms with Crippen LogP contribution in [0.25, 0.3) is 0 Å². The second-order valence-corrected chi connectivity index (χ2v) is 4.69. The third kappa shape index (κ3) is 2.56. The van der Waals surface area contributed by atoms with Gasteiger partial charge in [-0.25, -0.2) is 0 Å². The van der Waals surface area contributed by atoms with Crippen molar-refractivity contribution < 1.29 is 14.6 Å². The van der Waals surface area contributed by atoms with Gasteiger partial charge in [0, 0.05) is 25.6 Å². The van der Waals surface area contributed by atoms with Crippen LogP contribution in [0.15, 0.2) is 11.8 Å². The molecular formula is C12H21NO3. The first-order valence-electron chi connectivity index (χ1n) is 6.05. The number of aliphatic hydroxyl groups is 1. The van der Waals surface area contributed by atoms with Crippen molar-refractivity contribution in [2.45, 2.75) is 38.5 Å². The molecule has 2 unspecified atom stereocenters. The highest BCUT2D eigenvalue weighted by Gasteiger charge is 2.31. The van der Waals surface area contributed by atoms with E-state index in [1.165, 1.54) is 0 Å². The summed E-state index contributed by atoms with van der Waals surface area (Å²) in [5, 5.41) is 10.1. The highest BCUT2D eigenvalue weighted by molar-refractivity contribution is 5.07. The van der Waals surface area contributed by atoms with E-state index < -0.39 is 6.10 Å². The standard InChI is InChI=1S/C12H21NO3/c1-9(2)13-5-7-16-11(8-13)12(14)10-4-3-6-15-10/h4,9,11-12,14H,3,5-8H2,1-2H3. The lowest BCUT2D eigenvalue weighted by molar-refractivity contribution is -0.0947. The Morgan fingerprint density at radius 2 is 2.25 bits per heavy atom. The number of morpholine rings is 1. The van der Waals surface area contributed by atoms with Gasteiger partial charge in [-0.3, -0.25) is 4.90 Å². The summed E-state index contributed by atoms with van der Waals surface area (Å²) in [6, 6.07) is 0.497. The van der Waals surface area contributed by atoms with Gasteiger partial charge in [0.1, 0.15) is 18.0 Å². The van der Waals surface area contributed by atoms with Crippen LogP contribution in [-0.2, 0) is 9.47 Å². The zero-order chi connectivity index (χ0) is 11.5. The van der Waals surface area contributed by atoms with Crippen molar-refractivity contribution in [1.29, 1.82) is 0 Å². The summed E-state index contributed by atoms with van der Waals surface area (Å²) >= 11 is 0. The van der Waals surface area contributed by atoms with E-state index in [2.05, 4.69) is 18.7 Å². The topological polar surface area (TPSA) is 41.9 Å². The molecule has 4 heteroatoms. The quantitative estimate of drug-likeness (QED) is 0.773. The molecule has 2 atom stereocenters. The van der Waals surface area contributed by atoms with Crippen LogP contribution in [0.4, 0.5) is 0 Å². The van der Waals surface area contributed by atoms with Gasteiger partial charge < -0.3 is 14.6 Å². The molecule has 2 heterocycles. The first kappa shape index (κ1) is 11.9. The van der Waals surface area contributed by atoms with Crippen LogP contribution in [0.2, 0.25) is 0 Å². The van der Waals surface area contributed by atoms with E-state index in [1.807, 2.05) is 6.08 Å². The third-order valence-corrected chi connectivity index (χ3v) is 3.23. The number of rotatable bonds is 3. The molecule has 92 valence electrons. The van der Waals surface area contributed by atoms with Crippen LogP contribution in [0.5, 0.6) is 0 Å². The molecule has 0 radical (unpaired) electrons. The smallest absolute Gasteiger partial charge is 0.138 e. The Morgan fingerprint density at radius 1 is 1.44 bits per heavy atom. The first-order valence-corrected chi connectivity index (χ1v) is 6.05. The molecule has 0 aromatic rings. The molecule has 4 nitrogen and oxygen atoms in total. The van der Waals surface area contributed by atoms with Gasteiger partial charge in [-0.1, -0.05) is 0 Å². The molecule has 1 fully saturated rings. The Morgan fingerprint density at radius 3 is 2.88 bits per heavy atom. The number of hydrogen-bond acceptors (Lipinski definition) is 4. The van der Waals surface area contributed by atoms with Crippen molar-refractivity contribution in [1.82, 2.24) is 4.90 Å². The van der Waals surface area contributed by atoms with Crippen LogP contribution >= 0.6 is 0 Å². The summed E-state index contributed by atoms with van der Waals surface area (Å²) in [6.07, 6.45) is 2.10. The van der Waals surface area contributed by atoms with Crippen LogP contribution in [0.1, 0.15) is 20.3 Å². The summed E-state index contributed by atoms with van der Waals surface area (Å²) in [4.78, 5) is 2.33. The molecule has 0 saturated carbocycles. The van der Waals surface area contributed by atoms with E-state index in [4.69, 9.17) is 9.47 Å². The molecule has 0 aliphatic carbocycles. The molecule has 1 N–H and O–H groups in total. The van der Waals surface area contributed by atoms with Crippen LogP contribution in [0, 0.1) is 0 Å². The summed E-state index contributed by atoms with van der Waals surface area (Å²) in [5.41, 5.74) is 0. The summed E-state index contributed by atoms with van der Waals surface area (Å²) in [7, 11) is 0. The van der Waals surface area contributed by atoms with Gasteiger partial charge >= 0.3 is 0 Å². The summed E-state index contributed by atoms with van der Waals surface area (Å²) in [6.45, 7) is 7.43. The molecule has 0 bridgehead atoms. The van der Waals surface area contributed by atoms with Crippen molar-refractivity contribution in [2.75, 3.05) is 26.3 Å². The minimum atomic E-state index is -0.607. The maximum Gasteiger partial charge on any atom is 0.138 e. The molecule has 2 rings (SSSR count). The first-order chi connectivity index (χ1) is 7.68. The van der Waals surface area contributed by atoms with Crippen molar-refractivity contribution in [2.24, 2.45) is 0 Å². The number of nitrogens with zero attached hydrogens (tertiary/aromatic N) is 1. The highest BCUT2D eigenvalue weighted by atomic mass is 16.5. The maximum absolute atomic E-state index is 10.1. The van der Waals surface area contributed by atoms with Crippen molar-refractivity contribution in [3.8, 4) is 0 Å². The monoisotopic (exact) mass is 227 g/mol. The van der Waals surface area contributed by atoms with Crippen molar-refractivity contribution >= 4 is 0 Å². The normalized spacial score (nSPS) is 29.0. The van der Waals surface area contributed by atoms with Crippen LogP contribution in [-0.4, -0.2) is 54.6 Å². The number of ether oxygens (including phenoxy) is 2. The summed E-state index contributed by atoms with van der Waals surface area (Å²) < 4.78 is 11.0. The van der Waals surface area contributed by atoms with Crippen LogP contribution < -0.4 is 0 Å². The number of hydrogen-bond donors (Lipinski definition) is 1. The Bertz CT molecular complexity index is 265. The largest absolute Gasteiger partial charge is 0.495 e. The fourth-order valence-electron chi connectivity index (χ4n) is 2.18. The summed E-state index contributed by atoms with van der Waals surface area (Å²) in [5.74, 6) is 0.690. The lowest BCUT2D eigenvalue weighted by atomic mass is 10.1.